The minimum Gasteiger partial charge on any atom is -0.342 e. The van der Waals surface area contributed by atoms with Crippen molar-refractivity contribution in [2.75, 3.05) is 18.4 Å². The summed E-state index contributed by atoms with van der Waals surface area (Å²) in [5, 5.41) is 5.19. The molecule has 24 heavy (non-hydrogen) atoms. The van der Waals surface area contributed by atoms with Crippen LogP contribution in [0.5, 0.6) is 0 Å². The molecule has 1 saturated heterocycles. The molecule has 1 aliphatic rings. The highest BCUT2D eigenvalue weighted by Gasteiger charge is 2.26. The van der Waals surface area contributed by atoms with Crippen molar-refractivity contribution in [3.63, 3.8) is 0 Å². The van der Waals surface area contributed by atoms with Gasteiger partial charge in [0.05, 0.1) is 12.1 Å². The average Bonchev–Trinajstić information content (AvgIpc) is 2.93. The van der Waals surface area contributed by atoms with E-state index in [1.807, 2.05) is 38.0 Å². The molecule has 3 N–H and O–H groups in total. The minimum atomic E-state index is -0.469. The van der Waals surface area contributed by atoms with E-state index in [0.29, 0.717) is 16.7 Å². The summed E-state index contributed by atoms with van der Waals surface area (Å²) in [6.45, 7) is 9.08. The highest BCUT2D eigenvalue weighted by molar-refractivity contribution is 7.13. The van der Waals surface area contributed by atoms with Gasteiger partial charge in [-0.15, -0.1) is 11.3 Å². The average molecular weight is 353 g/mol. The van der Waals surface area contributed by atoms with Crippen LogP contribution in [0, 0.1) is 11.3 Å². The maximum Gasteiger partial charge on any atom is 0.231 e. The first-order valence-electron chi connectivity index (χ1n) is 8.46. The fourth-order valence-electron chi connectivity index (χ4n) is 2.66. The zero-order valence-electron chi connectivity index (χ0n) is 15.0. The molecule has 1 aromatic heterocycles. The van der Waals surface area contributed by atoms with Crippen LogP contribution in [0.2, 0.25) is 0 Å². The van der Waals surface area contributed by atoms with Gasteiger partial charge in [0.25, 0.3) is 0 Å². The van der Waals surface area contributed by atoms with Gasteiger partial charge in [0.15, 0.2) is 5.13 Å². The number of likely N-dealkylation sites (tertiary alicyclic amines) is 1. The van der Waals surface area contributed by atoms with E-state index in [9.17, 15) is 9.59 Å². The number of nitrogens with zero attached hydrogens (tertiary/aromatic N) is 2. The van der Waals surface area contributed by atoms with Crippen molar-refractivity contribution in [1.82, 2.24) is 9.88 Å². The van der Waals surface area contributed by atoms with Crippen molar-refractivity contribution >= 4 is 28.3 Å². The van der Waals surface area contributed by atoms with E-state index >= 15 is 0 Å². The second-order valence-electron chi connectivity index (χ2n) is 7.63. The Morgan fingerprint density at radius 2 is 2.21 bits per heavy atom. The van der Waals surface area contributed by atoms with Crippen LogP contribution in [-0.2, 0) is 16.0 Å². The number of nitrogens with two attached hydrogens (primary N) is 1. The largest absolute Gasteiger partial charge is 0.342 e. The molecule has 1 aliphatic heterocycles. The summed E-state index contributed by atoms with van der Waals surface area (Å²) in [5.41, 5.74) is 6.21. The minimum absolute atomic E-state index is 0.0782. The van der Waals surface area contributed by atoms with Crippen molar-refractivity contribution in [1.29, 1.82) is 0 Å². The lowest BCUT2D eigenvalue weighted by Gasteiger charge is -2.34. The number of carbonyl (C=O) groups excluding carboxylic acids is 2. The predicted octanol–water partition coefficient (Wildman–Crippen LogP) is 2.26. The molecule has 2 rings (SSSR count). The number of hydrogen-bond acceptors (Lipinski definition) is 5. The van der Waals surface area contributed by atoms with Crippen molar-refractivity contribution in [3.8, 4) is 0 Å². The standard InChI is InChI=1S/C17H28N4O2S/c1-11(18)12-6-5-7-21(9-12)14(22)8-13-10-24-16(19-13)20-15(23)17(2,3)4/h10-12H,5-9,18H2,1-4H3,(H,19,20,23). The van der Waals surface area contributed by atoms with Gasteiger partial charge in [0.1, 0.15) is 0 Å². The van der Waals surface area contributed by atoms with Gasteiger partial charge in [-0.3, -0.25) is 9.59 Å². The number of rotatable bonds is 4. The Kier molecular flexibility index (Phi) is 5.98. The molecule has 0 saturated carbocycles. The number of carbonyl (C=O) groups is 2. The molecule has 134 valence electrons. The molecule has 1 fully saturated rings. The lowest BCUT2D eigenvalue weighted by atomic mass is 9.92. The first-order valence-corrected chi connectivity index (χ1v) is 9.34. The maximum absolute atomic E-state index is 12.5. The number of amides is 2. The second kappa shape index (κ2) is 7.61. The van der Waals surface area contributed by atoms with Crippen LogP contribution < -0.4 is 11.1 Å². The van der Waals surface area contributed by atoms with E-state index in [4.69, 9.17) is 5.73 Å². The Balaban J connectivity index is 1.92. The number of nitrogens with one attached hydrogen (secondary N) is 1. The molecule has 7 heteroatoms. The monoisotopic (exact) mass is 352 g/mol. The van der Waals surface area contributed by atoms with Crippen LogP contribution in [0.3, 0.4) is 0 Å². The van der Waals surface area contributed by atoms with Crippen LogP contribution in [0.15, 0.2) is 5.38 Å². The molecule has 2 unspecified atom stereocenters. The molecular formula is C17H28N4O2S. The van der Waals surface area contributed by atoms with Crippen LogP contribution in [-0.4, -0.2) is 40.8 Å². The van der Waals surface area contributed by atoms with E-state index < -0.39 is 5.41 Å². The van der Waals surface area contributed by atoms with Gasteiger partial charge in [-0.05, 0) is 25.7 Å². The number of thiazole rings is 1. The summed E-state index contributed by atoms with van der Waals surface area (Å²) in [6, 6.07) is 0.110. The zero-order chi connectivity index (χ0) is 17.9. The molecule has 2 amide bonds. The van der Waals surface area contributed by atoms with Gasteiger partial charge in [-0.2, -0.15) is 0 Å². The summed E-state index contributed by atoms with van der Waals surface area (Å²) in [6.07, 6.45) is 2.36. The quantitative estimate of drug-likeness (QED) is 0.870. The zero-order valence-corrected chi connectivity index (χ0v) is 15.8. The number of piperidine rings is 1. The Morgan fingerprint density at radius 3 is 2.83 bits per heavy atom. The molecule has 1 aromatic rings. The SMILES string of the molecule is CC(N)C1CCCN(C(=O)Cc2csc(NC(=O)C(C)(C)C)n2)C1. The van der Waals surface area contributed by atoms with E-state index in [1.165, 1.54) is 11.3 Å². The number of hydrogen-bond donors (Lipinski definition) is 2. The fourth-order valence-corrected chi connectivity index (χ4v) is 3.37. The highest BCUT2D eigenvalue weighted by atomic mass is 32.1. The summed E-state index contributed by atoms with van der Waals surface area (Å²) < 4.78 is 0. The molecule has 0 aromatic carbocycles. The third-order valence-electron chi connectivity index (χ3n) is 4.34. The fraction of sp³-hybridized carbons (Fsp3) is 0.706. The Labute approximate surface area is 147 Å². The van der Waals surface area contributed by atoms with Gasteiger partial charge in [0.2, 0.25) is 11.8 Å². The van der Waals surface area contributed by atoms with Gasteiger partial charge >= 0.3 is 0 Å². The third-order valence-corrected chi connectivity index (χ3v) is 5.15. The lowest BCUT2D eigenvalue weighted by Crippen LogP contribution is -2.45. The van der Waals surface area contributed by atoms with Crippen LogP contribution >= 0.6 is 11.3 Å². The first kappa shape index (κ1) is 18.9. The lowest BCUT2D eigenvalue weighted by molar-refractivity contribution is -0.132. The van der Waals surface area contributed by atoms with Gasteiger partial charge in [-0.25, -0.2) is 4.98 Å². The summed E-state index contributed by atoms with van der Waals surface area (Å²) in [7, 11) is 0. The van der Waals surface area contributed by atoms with Gasteiger partial charge < -0.3 is 16.0 Å². The van der Waals surface area contributed by atoms with E-state index in [2.05, 4.69) is 10.3 Å². The van der Waals surface area contributed by atoms with E-state index in [-0.39, 0.29) is 24.3 Å². The molecule has 0 bridgehead atoms. The second-order valence-corrected chi connectivity index (χ2v) is 8.48. The molecule has 0 spiro atoms. The summed E-state index contributed by atoms with van der Waals surface area (Å²) >= 11 is 1.35. The van der Waals surface area contributed by atoms with Crippen LogP contribution in [0.25, 0.3) is 0 Å². The molecule has 2 atom stereocenters. The van der Waals surface area contributed by atoms with Crippen molar-refractivity contribution in [2.24, 2.45) is 17.1 Å². The summed E-state index contributed by atoms with van der Waals surface area (Å²) in [4.78, 5) is 30.7. The Morgan fingerprint density at radius 1 is 1.50 bits per heavy atom. The van der Waals surface area contributed by atoms with E-state index in [0.717, 1.165) is 25.9 Å². The Hall–Kier alpha value is -1.47. The van der Waals surface area contributed by atoms with Gasteiger partial charge in [0, 0.05) is 29.9 Å². The highest BCUT2D eigenvalue weighted by Crippen LogP contribution is 2.22. The molecule has 2 heterocycles. The smallest absolute Gasteiger partial charge is 0.231 e. The van der Waals surface area contributed by atoms with Crippen molar-refractivity contribution in [3.05, 3.63) is 11.1 Å². The number of anilines is 1. The van der Waals surface area contributed by atoms with Crippen LogP contribution in [0.1, 0.15) is 46.2 Å². The van der Waals surface area contributed by atoms with E-state index in [1.54, 1.807) is 0 Å². The summed E-state index contributed by atoms with van der Waals surface area (Å²) in [5.74, 6) is 0.379. The van der Waals surface area contributed by atoms with Crippen molar-refractivity contribution in [2.45, 2.75) is 53.0 Å². The first-order chi connectivity index (χ1) is 11.2. The third kappa shape index (κ3) is 5.01. The molecule has 0 aliphatic carbocycles. The molecule has 0 radical (unpaired) electrons. The predicted molar refractivity (Wildman–Crippen MR) is 96.9 cm³/mol. The maximum atomic E-state index is 12.5. The Bertz CT molecular complexity index is 592. The molecular weight excluding hydrogens is 324 g/mol. The normalized spacial score (nSPS) is 19.9. The molecule has 6 nitrogen and oxygen atoms in total. The topological polar surface area (TPSA) is 88.3 Å². The van der Waals surface area contributed by atoms with Gasteiger partial charge in [-0.1, -0.05) is 20.8 Å². The number of aromatic nitrogens is 1. The van der Waals surface area contributed by atoms with Crippen molar-refractivity contribution < 1.29 is 9.59 Å². The van der Waals surface area contributed by atoms with Crippen LogP contribution in [0.4, 0.5) is 5.13 Å².